The van der Waals surface area contributed by atoms with Crippen LogP contribution >= 0.6 is 0 Å². The predicted molar refractivity (Wildman–Crippen MR) is 143 cm³/mol. The van der Waals surface area contributed by atoms with Gasteiger partial charge in [0, 0.05) is 23.8 Å². The molecule has 4 nitrogen and oxygen atoms in total. The monoisotopic (exact) mass is 624 g/mol. The molecule has 1 atom stereocenters. The van der Waals surface area contributed by atoms with Crippen LogP contribution in [0, 0.1) is 23.0 Å². The molecule has 0 aliphatic rings. The summed E-state index contributed by atoms with van der Waals surface area (Å²) in [5.74, 6) is -1.94. The van der Waals surface area contributed by atoms with Crippen molar-refractivity contribution in [1.29, 1.82) is 5.26 Å². The molecule has 1 aromatic heterocycles. The minimum atomic E-state index is -5.14. The number of nitriles is 1. The SMILES string of the molecule is CCC[S+]([O-])c1cc(-c2cccc(-c3cc(C(F)(F)F)c(C#N)c(=O)n3Cc3ccc(F)cc3F)c2)cc(C(F)(F)F)c1. The zero-order chi connectivity index (χ0) is 31.7. The molecule has 0 N–H and O–H groups in total. The molecule has 0 saturated carbocycles. The van der Waals surface area contributed by atoms with E-state index in [-0.39, 0.29) is 32.9 Å². The molecule has 4 rings (SSSR count). The molecule has 0 saturated heterocycles. The van der Waals surface area contributed by atoms with Gasteiger partial charge in [0.15, 0.2) is 4.90 Å². The average molecular weight is 625 g/mol. The summed E-state index contributed by atoms with van der Waals surface area (Å²) in [4.78, 5) is 13.1. The Bertz CT molecular complexity index is 1770. The summed E-state index contributed by atoms with van der Waals surface area (Å²) in [5.41, 5.74) is -6.05. The molecule has 0 fully saturated rings. The van der Waals surface area contributed by atoms with E-state index >= 15 is 0 Å². The summed E-state index contributed by atoms with van der Waals surface area (Å²) in [6.07, 6.45) is -9.51. The highest BCUT2D eigenvalue weighted by molar-refractivity contribution is 7.91. The summed E-state index contributed by atoms with van der Waals surface area (Å²) >= 11 is -1.77. The maximum Gasteiger partial charge on any atom is 0.417 e. The first-order chi connectivity index (χ1) is 20.1. The number of pyridine rings is 1. The molecule has 0 bridgehead atoms. The lowest BCUT2D eigenvalue weighted by Gasteiger charge is -2.19. The second-order valence-corrected chi connectivity index (χ2v) is 11.0. The van der Waals surface area contributed by atoms with Crippen molar-refractivity contribution >= 4 is 11.2 Å². The van der Waals surface area contributed by atoms with Crippen LogP contribution in [-0.4, -0.2) is 14.9 Å². The summed E-state index contributed by atoms with van der Waals surface area (Å²) in [7, 11) is 0. The highest BCUT2D eigenvalue weighted by atomic mass is 32.2. The quantitative estimate of drug-likeness (QED) is 0.155. The van der Waals surface area contributed by atoms with Crippen LogP contribution in [0.15, 0.2) is 76.4 Å². The highest BCUT2D eigenvalue weighted by Crippen LogP contribution is 2.37. The smallest absolute Gasteiger partial charge is 0.417 e. The normalized spacial score (nSPS) is 12.7. The van der Waals surface area contributed by atoms with E-state index in [1.165, 1.54) is 36.4 Å². The lowest BCUT2D eigenvalue weighted by atomic mass is 9.98. The van der Waals surface area contributed by atoms with Crippen LogP contribution < -0.4 is 5.56 Å². The van der Waals surface area contributed by atoms with Crippen LogP contribution in [0.4, 0.5) is 35.1 Å². The van der Waals surface area contributed by atoms with Crippen LogP contribution in [0.3, 0.4) is 0 Å². The maximum atomic E-state index is 14.5. The number of hydrogen-bond acceptors (Lipinski definition) is 3. The number of rotatable bonds is 7. The first kappa shape index (κ1) is 31.8. The van der Waals surface area contributed by atoms with Crippen LogP contribution in [0.2, 0.25) is 0 Å². The fraction of sp³-hybridized carbons (Fsp3) is 0.200. The Balaban J connectivity index is 1.97. The van der Waals surface area contributed by atoms with Gasteiger partial charge >= 0.3 is 12.4 Å². The van der Waals surface area contributed by atoms with E-state index in [0.717, 1.165) is 24.3 Å². The molecule has 0 amide bonds. The number of alkyl halides is 6. The molecule has 0 aliphatic carbocycles. The van der Waals surface area contributed by atoms with Gasteiger partial charge in [0.2, 0.25) is 0 Å². The molecule has 1 heterocycles. The van der Waals surface area contributed by atoms with Gasteiger partial charge < -0.3 is 9.12 Å². The molecular formula is C30H20F8N2O2S. The Labute approximate surface area is 243 Å². The fourth-order valence-corrected chi connectivity index (χ4v) is 5.54. The molecular weight excluding hydrogens is 604 g/mol. The number of nitrogens with zero attached hydrogens (tertiary/aromatic N) is 2. The Morgan fingerprint density at radius 3 is 2.19 bits per heavy atom. The third kappa shape index (κ3) is 6.92. The van der Waals surface area contributed by atoms with E-state index in [9.17, 15) is 49.7 Å². The molecule has 1 unspecified atom stereocenters. The molecule has 43 heavy (non-hydrogen) atoms. The summed E-state index contributed by atoms with van der Waals surface area (Å²) in [6, 6.07) is 12.2. The number of aromatic nitrogens is 1. The van der Waals surface area contributed by atoms with Gasteiger partial charge in [-0.25, -0.2) is 8.78 Å². The van der Waals surface area contributed by atoms with Crippen LogP contribution in [0.1, 0.15) is 35.6 Å². The molecule has 0 spiro atoms. The van der Waals surface area contributed by atoms with Crippen LogP contribution in [0.5, 0.6) is 0 Å². The minimum absolute atomic E-state index is 0.0423. The van der Waals surface area contributed by atoms with E-state index < -0.39 is 69.7 Å². The van der Waals surface area contributed by atoms with E-state index in [1.807, 2.05) is 0 Å². The lowest BCUT2D eigenvalue weighted by Crippen LogP contribution is -2.29. The van der Waals surface area contributed by atoms with Crippen molar-refractivity contribution in [2.24, 2.45) is 0 Å². The van der Waals surface area contributed by atoms with Crippen molar-refractivity contribution in [3.63, 3.8) is 0 Å². The summed E-state index contributed by atoms with van der Waals surface area (Å²) < 4.78 is 124. The van der Waals surface area contributed by atoms with Crippen molar-refractivity contribution in [2.45, 2.75) is 37.1 Å². The van der Waals surface area contributed by atoms with E-state index in [4.69, 9.17) is 0 Å². The standard InChI is InChI=1S/C30H20F8N2O2S/c1-2-8-43(42)23-11-20(10-21(12-23)29(33,34)35)17-4-3-5-18(9-17)27-14-25(30(36,37)38)24(15-39)28(41)40(27)16-19-6-7-22(31)13-26(19)32/h3-7,9-14H,2,8,16H2,1H3. The largest absolute Gasteiger partial charge is 0.611 e. The maximum absolute atomic E-state index is 14.5. The van der Waals surface area contributed by atoms with Gasteiger partial charge in [-0.15, -0.1) is 0 Å². The van der Waals surface area contributed by atoms with Gasteiger partial charge in [0.05, 0.1) is 23.4 Å². The predicted octanol–water partition coefficient (Wildman–Crippen LogP) is 7.94. The summed E-state index contributed by atoms with van der Waals surface area (Å²) in [6.45, 7) is 1.01. The molecule has 4 aromatic rings. The second kappa shape index (κ2) is 12.2. The Kier molecular flexibility index (Phi) is 9.03. The van der Waals surface area contributed by atoms with Crippen molar-refractivity contribution in [2.75, 3.05) is 5.75 Å². The van der Waals surface area contributed by atoms with Gasteiger partial charge in [-0.05, 0) is 58.6 Å². The van der Waals surface area contributed by atoms with E-state index in [0.29, 0.717) is 23.1 Å². The van der Waals surface area contributed by atoms with E-state index in [2.05, 4.69) is 0 Å². The fourth-order valence-electron chi connectivity index (χ4n) is 4.42. The minimum Gasteiger partial charge on any atom is -0.611 e. The molecule has 0 aliphatic heterocycles. The summed E-state index contributed by atoms with van der Waals surface area (Å²) in [5, 5.41) is 9.40. The third-order valence-electron chi connectivity index (χ3n) is 6.44. The molecule has 224 valence electrons. The Morgan fingerprint density at radius 2 is 1.58 bits per heavy atom. The highest BCUT2D eigenvalue weighted by Gasteiger charge is 2.37. The zero-order valence-electron chi connectivity index (χ0n) is 22.1. The van der Waals surface area contributed by atoms with Crippen molar-refractivity contribution in [3.05, 3.63) is 111 Å². The van der Waals surface area contributed by atoms with Gasteiger partial charge in [0.25, 0.3) is 5.56 Å². The first-order valence-corrected chi connectivity index (χ1v) is 13.9. The van der Waals surface area contributed by atoms with Crippen LogP contribution in [0.25, 0.3) is 22.4 Å². The molecule has 13 heteroatoms. The molecule has 0 radical (unpaired) electrons. The third-order valence-corrected chi connectivity index (χ3v) is 7.98. The Morgan fingerprint density at radius 1 is 0.884 bits per heavy atom. The zero-order valence-corrected chi connectivity index (χ0v) is 22.9. The number of halogens is 8. The van der Waals surface area contributed by atoms with E-state index in [1.54, 1.807) is 6.92 Å². The Hall–Kier alpha value is -4.15. The number of benzene rings is 3. The van der Waals surface area contributed by atoms with Crippen molar-refractivity contribution < 1.29 is 39.7 Å². The van der Waals surface area contributed by atoms with Crippen LogP contribution in [-0.2, 0) is 30.1 Å². The van der Waals surface area contributed by atoms with Crippen molar-refractivity contribution in [1.82, 2.24) is 4.57 Å². The second-order valence-electron chi connectivity index (χ2n) is 9.43. The number of hydrogen-bond donors (Lipinski definition) is 0. The van der Waals surface area contributed by atoms with Gasteiger partial charge in [-0.3, -0.25) is 4.79 Å². The molecule has 3 aromatic carbocycles. The average Bonchev–Trinajstić information content (AvgIpc) is 2.94. The first-order valence-electron chi connectivity index (χ1n) is 12.5. The van der Waals surface area contributed by atoms with Gasteiger partial charge in [-0.1, -0.05) is 31.2 Å². The van der Waals surface area contributed by atoms with Gasteiger partial charge in [-0.2, -0.15) is 31.6 Å². The topological polar surface area (TPSA) is 68.8 Å². The lowest BCUT2D eigenvalue weighted by molar-refractivity contribution is -0.138. The van der Waals surface area contributed by atoms with Crippen molar-refractivity contribution in [3.8, 4) is 28.5 Å². The van der Waals surface area contributed by atoms with Gasteiger partial charge in [0.1, 0.15) is 29.0 Å².